The highest BCUT2D eigenvalue weighted by atomic mass is 19.4. The van der Waals surface area contributed by atoms with Gasteiger partial charge in [0.05, 0.1) is 0 Å². The molecule has 0 heterocycles. The van der Waals surface area contributed by atoms with E-state index < -0.39 is 23.4 Å². The lowest BCUT2D eigenvalue weighted by molar-refractivity contribution is -0.142. The van der Waals surface area contributed by atoms with Crippen LogP contribution in [0, 0.1) is 29.4 Å². The minimum atomic E-state index is -5.00. The Morgan fingerprint density at radius 1 is 0.815 bits per heavy atom. The van der Waals surface area contributed by atoms with Crippen LogP contribution < -0.4 is 0 Å². The predicted octanol–water partition coefficient (Wildman–Crippen LogP) is 7.64. The maximum Gasteiger partial charge on any atom is 0.422 e. The fourth-order valence-corrected chi connectivity index (χ4v) is 5.10. The van der Waals surface area contributed by atoms with Gasteiger partial charge in [0.1, 0.15) is 17.2 Å². The third-order valence-corrected chi connectivity index (χ3v) is 6.54. The van der Waals surface area contributed by atoms with Gasteiger partial charge < -0.3 is 0 Å². The maximum atomic E-state index is 13.9. The molecule has 0 atom stereocenters. The van der Waals surface area contributed by atoms with Crippen LogP contribution in [0.2, 0.25) is 0 Å². The summed E-state index contributed by atoms with van der Waals surface area (Å²) in [6, 6.07) is 1.78. The van der Waals surface area contributed by atoms with Gasteiger partial charge in [-0.05, 0) is 99.7 Å². The number of rotatable bonds is 3. The van der Waals surface area contributed by atoms with Crippen molar-refractivity contribution in [2.75, 3.05) is 0 Å². The zero-order valence-electron chi connectivity index (χ0n) is 15.7. The molecule has 0 aromatic heterocycles. The van der Waals surface area contributed by atoms with Gasteiger partial charge in [-0.2, -0.15) is 13.2 Å². The standard InChI is InChI=1S/C22H27F5/c1-2-3-14-4-6-15(7-5-14)16-8-10-17(11-9-16)18-12-19(23)21(20(24)13-18)22(25,26)27/h2-3,12-17H,4-11H2,1H3/b3-2+. The van der Waals surface area contributed by atoms with Crippen molar-refractivity contribution in [3.63, 3.8) is 0 Å². The van der Waals surface area contributed by atoms with Crippen molar-refractivity contribution in [1.82, 2.24) is 0 Å². The molecule has 150 valence electrons. The predicted molar refractivity (Wildman–Crippen MR) is 96.3 cm³/mol. The molecule has 0 amide bonds. The first kappa shape index (κ1) is 20.3. The number of hydrogen-bond donors (Lipinski definition) is 0. The van der Waals surface area contributed by atoms with E-state index in [1.54, 1.807) is 0 Å². The second-order valence-electron chi connectivity index (χ2n) is 8.17. The summed E-state index contributed by atoms with van der Waals surface area (Å²) in [6.45, 7) is 2.06. The highest BCUT2D eigenvalue weighted by molar-refractivity contribution is 5.30. The summed E-state index contributed by atoms with van der Waals surface area (Å²) in [5, 5.41) is 0. The summed E-state index contributed by atoms with van der Waals surface area (Å²) in [5.41, 5.74) is -1.41. The van der Waals surface area contributed by atoms with Crippen molar-refractivity contribution < 1.29 is 22.0 Å². The molecule has 0 unspecified atom stereocenters. The summed E-state index contributed by atoms with van der Waals surface area (Å²) in [5.74, 6) is -0.998. The van der Waals surface area contributed by atoms with Crippen LogP contribution in [0.1, 0.15) is 75.3 Å². The molecule has 0 N–H and O–H groups in total. The van der Waals surface area contributed by atoms with Gasteiger partial charge in [-0.1, -0.05) is 12.2 Å². The fraction of sp³-hybridized carbons (Fsp3) is 0.636. The minimum Gasteiger partial charge on any atom is -0.206 e. The van der Waals surface area contributed by atoms with E-state index in [1.165, 1.54) is 25.7 Å². The quantitative estimate of drug-likeness (QED) is 0.370. The summed E-state index contributed by atoms with van der Waals surface area (Å²) >= 11 is 0. The molecule has 1 aromatic carbocycles. The van der Waals surface area contributed by atoms with E-state index in [-0.39, 0.29) is 5.92 Å². The van der Waals surface area contributed by atoms with Gasteiger partial charge in [0.15, 0.2) is 0 Å². The Bertz CT molecular complexity index is 637. The van der Waals surface area contributed by atoms with Crippen molar-refractivity contribution in [2.45, 2.75) is 70.4 Å². The molecule has 0 bridgehead atoms. The van der Waals surface area contributed by atoms with E-state index in [9.17, 15) is 22.0 Å². The van der Waals surface area contributed by atoms with Gasteiger partial charge in [0.25, 0.3) is 0 Å². The molecule has 3 rings (SSSR count). The Morgan fingerprint density at radius 2 is 1.30 bits per heavy atom. The molecule has 2 aliphatic carbocycles. The van der Waals surface area contributed by atoms with Gasteiger partial charge in [0.2, 0.25) is 0 Å². The molecule has 27 heavy (non-hydrogen) atoms. The Hall–Kier alpha value is -1.39. The van der Waals surface area contributed by atoms with Crippen LogP contribution in [-0.4, -0.2) is 0 Å². The maximum absolute atomic E-state index is 13.9. The smallest absolute Gasteiger partial charge is 0.206 e. The summed E-state index contributed by atoms with van der Waals surface area (Å²) in [6.07, 6.45) is 7.90. The Kier molecular flexibility index (Phi) is 6.27. The summed E-state index contributed by atoms with van der Waals surface area (Å²) in [7, 11) is 0. The Labute approximate surface area is 157 Å². The molecule has 5 heteroatoms. The van der Waals surface area contributed by atoms with Crippen LogP contribution in [-0.2, 0) is 6.18 Å². The molecule has 2 saturated carbocycles. The van der Waals surface area contributed by atoms with Crippen molar-refractivity contribution >= 4 is 0 Å². The number of hydrogen-bond acceptors (Lipinski definition) is 0. The zero-order valence-corrected chi connectivity index (χ0v) is 15.7. The van der Waals surface area contributed by atoms with Gasteiger partial charge in [-0.25, -0.2) is 8.78 Å². The number of alkyl halides is 3. The first-order valence-corrected chi connectivity index (χ1v) is 9.98. The summed E-state index contributed by atoms with van der Waals surface area (Å²) < 4.78 is 65.9. The lowest BCUT2D eigenvalue weighted by atomic mass is 9.68. The lowest BCUT2D eigenvalue weighted by Crippen LogP contribution is -2.25. The van der Waals surface area contributed by atoms with Gasteiger partial charge in [-0.3, -0.25) is 0 Å². The summed E-state index contributed by atoms with van der Waals surface area (Å²) in [4.78, 5) is 0. The third-order valence-electron chi connectivity index (χ3n) is 6.54. The third kappa shape index (κ3) is 4.72. The molecule has 0 nitrogen and oxygen atoms in total. The normalized spacial score (nSPS) is 30.0. The van der Waals surface area contributed by atoms with E-state index in [2.05, 4.69) is 19.1 Å². The van der Waals surface area contributed by atoms with Crippen LogP contribution in [0.5, 0.6) is 0 Å². The van der Waals surface area contributed by atoms with Crippen molar-refractivity contribution in [1.29, 1.82) is 0 Å². The fourth-order valence-electron chi connectivity index (χ4n) is 5.10. The molecular weight excluding hydrogens is 359 g/mol. The topological polar surface area (TPSA) is 0 Å². The number of benzene rings is 1. The average Bonchev–Trinajstić information content (AvgIpc) is 2.61. The second-order valence-corrected chi connectivity index (χ2v) is 8.17. The average molecular weight is 386 g/mol. The van der Waals surface area contributed by atoms with Crippen molar-refractivity contribution in [3.8, 4) is 0 Å². The van der Waals surface area contributed by atoms with E-state index in [1.807, 2.05) is 0 Å². The molecule has 0 aliphatic heterocycles. The van der Waals surface area contributed by atoms with Crippen LogP contribution in [0.4, 0.5) is 22.0 Å². The number of halogens is 5. The Balaban J connectivity index is 1.60. The van der Waals surface area contributed by atoms with E-state index in [0.29, 0.717) is 23.3 Å². The first-order valence-electron chi connectivity index (χ1n) is 9.98. The van der Waals surface area contributed by atoms with Crippen LogP contribution in [0.3, 0.4) is 0 Å². The van der Waals surface area contributed by atoms with Gasteiger partial charge >= 0.3 is 6.18 Å². The van der Waals surface area contributed by atoms with Crippen LogP contribution >= 0.6 is 0 Å². The molecule has 2 aliphatic rings. The highest BCUT2D eigenvalue weighted by Gasteiger charge is 2.38. The molecule has 0 radical (unpaired) electrons. The molecule has 0 spiro atoms. The van der Waals surface area contributed by atoms with Crippen LogP contribution in [0.15, 0.2) is 24.3 Å². The first-order chi connectivity index (χ1) is 12.8. The van der Waals surface area contributed by atoms with Crippen LogP contribution in [0.25, 0.3) is 0 Å². The number of allylic oxidation sites excluding steroid dienone is 2. The Morgan fingerprint density at radius 3 is 1.74 bits per heavy atom. The van der Waals surface area contributed by atoms with E-state index >= 15 is 0 Å². The highest BCUT2D eigenvalue weighted by Crippen LogP contribution is 2.45. The van der Waals surface area contributed by atoms with Crippen molar-refractivity contribution in [2.24, 2.45) is 17.8 Å². The van der Waals surface area contributed by atoms with Gasteiger partial charge in [0, 0.05) is 0 Å². The van der Waals surface area contributed by atoms with E-state index in [0.717, 1.165) is 37.8 Å². The second kappa shape index (κ2) is 8.32. The molecular formula is C22H27F5. The molecule has 0 saturated heterocycles. The molecule has 2 fully saturated rings. The minimum absolute atomic E-state index is 0.0492. The van der Waals surface area contributed by atoms with E-state index in [4.69, 9.17) is 0 Å². The SMILES string of the molecule is C/C=C/C1CCC(C2CCC(c3cc(F)c(C(F)(F)F)c(F)c3)CC2)CC1. The molecule has 1 aromatic rings. The van der Waals surface area contributed by atoms with Crippen molar-refractivity contribution in [3.05, 3.63) is 47.0 Å². The monoisotopic (exact) mass is 386 g/mol. The largest absolute Gasteiger partial charge is 0.422 e. The lowest BCUT2D eigenvalue weighted by Gasteiger charge is -2.37. The van der Waals surface area contributed by atoms with Gasteiger partial charge in [-0.15, -0.1) is 0 Å². The zero-order chi connectivity index (χ0) is 19.6.